The van der Waals surface area contributed by atoms with Gasteiger partial charge in [-0.1, -0.05) is 6.07 Å². The first-order chi connectivity index (χ1) is 28.2. The van der Waals surface area contributed by atoms with Gasteiger partial charge in [0, 0.05) is 43.2 Å². The number of amides is 5. The first kappa shape index (κ1) is 43.3. The molecule has 4 heterocycles. The predicted molar refractivity (Wildman–Crippen MR) is 203 cm³/mol. The predicted octanol–water partition coefficient (Wildman–Crippen LogP) is 2.70. The molecule has 18 nitrogen and oxygen atoms in total. The minimum atomic E-state index is -4.85. The van der Waals surface area contributed by atoms with Crippen molar-refractivity contribution in [2.75, 3.05) is 30.3 Å². The Morgan fingerprint density at radius 3 is 2.47 bits per heavy atom. The first-order valence-electron chi connectivity index (χ1n) is 18.3. The maximum Gasteiger partial charge on any atom is 0.419 e. The number of hydrogen-bond donors (Lipinski definition) is 6. The van der Waals surface area contributed by atoms with E-state index in [1.54, 1.807) is 0 Å². The number of anilines is 3. The molecule has 0 radical (unpaired) electrons. The Morgan fingerprint density at radius 2 is 1.77 bits per heavy atom. The maximum absolute atomic E-state index is 15.1. The highest BCUT2D eigenvalue weighted by molar-refractivity contribution is 7.89. The molecule has 60 heavy (non-hydrogen) atoms. The lowest BCUT2D eigenvalue weighted by Crippen LogP contribution is -2.54. The fourth-order valence-electron chi connectivity index (χ4n) is 6.39. The zero-order valence-electron chi connectivity index (χ0n) is 31.9. The molecule has 5 amide bonds. The van der Waals surface area contributed by atoms with Crippen LogP contribution in [-0.4, -0.2) is 99.0 Å². The number of fused-ring (bicyclic) bond motifs is 1. The van der Waals surface area contributed by atoms with Gasteiger partial charge in [-0.25, -0.2) is 27.5 Å². The van der Waals surface area contributed by atoms with Crippen molar-refractivity contribution in [3.63, 3.8) is 0 Å². The number of aromatic nitrogens is 4. The molecule has 2 aliphatic heterocycles. The van der Waals surface area contributed by atoms with E-state index in [0.29, 0.717) is 18.7 Å². The average molecular weight is 859 g/mol. The smallest absolute Gasteiger partial charge is 0.389 e. The number of piperidine rings is 1. The van der Waals surface area contributed by atoms with Gasteiger partial charge in [0.25, 0.3) is 11.8 Å². The number of halogens is 4. The number of carbonyl (C=O) groups is 5. The SMILES string of the molecule is CC(C)(O)Cn1cc(-c2nc(Nc3ccc(S(=O)(=O)NCCCCNC(=O)CNc4cccc5c4C(=O)N(C4CCC(=O)NC4=O)C5=O)cc3F)ncc2C(F)(F)F)cn1. The Labute approximate surface area is 339 Å². The second-order valence-corrected chi connectivity index (χ2v) is 16.2. The number of rotatable bonds is 16. The van der Waals surface area contributed by atoms with Crippen LogP contribution in [0.3, 0.4) is 0 Å². The topological polar surface area (TPSA) is 247 Å². The number of alkyl halides is 3. The van der Waals surface area contributed by atoms with Gasteiger partial charge >= 0.3 is 6.18 Å². The normalized spacial score (nSPS) is 15.8. The number of nitrogens with zero attached hydrogens (tertiary/aromatic N) is 5. The molecule has 1 saturated heterocycles. The lowest BCUT2D eigenvalue weighted by atomic mass is 10.0. The molecular weight excluding hydrogens is 821 g/mol. The number of benzene rings is 2. The summed E-state index contributed by atoms with van der Waals surface area (Å²) in [5, 5.41) is 24.1. The molecule has 1 atom stereocenters. The van der Waals surface area contributed by atoms with Gasteiger partial charge in [-0.2, -0.15) is 18.3 Å². The molecule has 23 heteroatoms. The summed E-state index contributed by atoms with van der Waals surface area (Å²) in [6.07, 6.45) is -1.39. The molecule has 0 aliphatic carbocycles. The van der Waals surface area contributed by atoms with Gasteiger partial charge in [0.05, 0.1) is 52.3 Å². The van der Waals surface area contributed by atoms with Gasteiger partial charge in [-0.15, -0.1) is 0 Å². The number of sulfonamides is 1. The van der Waals surface area contributed by atoms with Crippen molar-refractivity contribution in [3.05, 3.63) is 77.5 Å². The van der Waals surface area contributed by atoms with E-state index in [0.717, 1.165) is 23.2 Å². The van der Waals surface area contributed by atoms with Crippen LogP contribution >= 0.6 is 0 Å². The summed E-state index contributed by atoms with van der Waals surface area (Å²) in [6, 6.07) is 6.12. The summed E-state index contributed by atoms with van der Waals surface area (Å²) < 4.78 is 86.0. The molecule has 2 aromatic carbocycles. The fraction of sp³-hybridized carbons (Fsp3) is 0.351. The Kier molecular flexibility index (Phi) is 12.3. The van der Waals surface area contributed by atoms with Gasteiger partial charge in [0.15, 0.2) is 0 Å². The summed E-state index contributed by atoms with van der Waals surface area (Å²) in [5.74, 6) is -4.65. The van der Waals surface area contributed by atoms with Crippen LogP contribution in [0, 0.1) is 5.82 Å². The van der Waals surface area contributed by atoms with Crippen molar-refractivity contribution in [1.82, 2.24) is 40.0 Å². The minimum absolute atomic E-state index is 0.00899. The van der Waals surface area contributed by atoms with Gasteiger partial charge < -0.3 is 21.1 Å². The Bertz CT molecular complexity index is 2470. The Morgan fingerprint density at radius 1 is 1.02 bits per heavy atom. The molecule has 2 aromatic heterocycles. The molecule has 0 spiro atoms. The van der Waals surface area contributed by atoms with Crippen molar-refractivity contribution < 1.29 is 55.1 Å². The second kappa shape index (κ2) is 17.1. The number of carbonyl (C=O) groups excluding carboxylic acids is 5. The van der Waals surface area contributed by atoms with Crippen molar-refractivity contribution >= 4 is 56.9 Å². The molecule has 318 valence electrons. The monoisotopic (exact) mass is 858 g/mol. The van der Waals surface area contributed by atoms with E-state index in [1.165, 1.54) is 42.9 Å². The highest BCUT2D eigenvalue weighted by atomic mass is 32.2. The third-order valence-corrected chi connectivity index (χ3v) is 10.6. The minimum Gasteiger partial charge on any atom is -0.389 e. The summed E-state index contributed by atoms with van der Waals surface area (Å²) in [5.41, 5.74) is -3.10. The van der Waals surface area contributed by atoms with Gasteiger partial charge in [-0.05, 0) is 63.4 Å². The van der Waals surface area contributed by atoms with Crippen LogP contribution in [0.25, 0.3) is 11.3 Å². The quantitative estimate of drug-likeness (QED) is 0.0540. The number of hydrogen-bond acceptors (Lipinski definition) is 13. The number of nitrogens with one attached hydrogen (secondary N) is 5. The average Bonchev–Trinajstić information content (AvgIpc) is 3.73. The Balaban J connectivity index is 0.975. The third-order valence-electron chi connectivity index (χ3n) is 9.17. The van der Waals surface area contributed by atoms with E-state index in [-0.39, 0.29) is 73.5 Å². The molecule has 4 aromatic rings. The fourth-order valence-corrected chi connectivity index (χ4v) is 7.48. The van der Waals surface area contributed by atoms with Crippen LogP contribution in [0.15, 0.2) is 59.9 Å². The van der Waals surface area contributed by atoms with Crippen LogP contribution in [0.4, 0.5) is 34.9 Å². The van der Waals surface area contributed by atoms with Crippen LogP contribution in [0.5, 0.6) is 0 Å². The lowest BCUT2D eigenvalue weighted by Gasteiger charge is -2.27. The summed E-state index contributed by atoms with van der Waals surface area (Å²) in [7, 11) is -4.21. The van der Waals surface area contributed by atoms with Crippen LogP contribution in [-0.2, 0) is 37.1 Å². The van der Waals surface area contributed by atoms with Crippen molar-refractivity contribution in [1.29, 1.82) is 0 Å². The number of unbranched alkanes of at least 4 members (excludes halogenated alkanes) is 1. The number of imide groups is 2. The van der Waals surface area contributed by atoms with E-state index < -0.39 is 85.3 Å². The highest BCUT2D eigenvalue weighted by Crippen LogP contribution is 2.37. The molecule has 6 rings (SSSR count). The van der Waals surface area contributed by atoms with E-state index in [9.17, 15) is 50.7 Å². The maximum atomic E-state index is 15.1. The summed E-state index contributed by atoms with van der Waals surface area (Å²) in [6.45, 7) is 2.74. The molecule has 0 bridgehead atoms. The van der Waals surface area contributed by atoms with E-state index in [1.807, 2.05) is 0 Å². The van der Waals surface area contributed by atoms with Gasteiger partial charge in [-0.3, -0.25) is 38.9 Å². The molecule has 0 saturated carbocycles. The van der Waals surface area contributed by atoms with Gasteiger partial charge in [0.1, 0.15) is 17.4 Å². The largest absolute Gasteiger partial charge is 0.419 e. The number of aliphatic hydroxyl groups is 1. The third kappa shape index (κ3) is 9.92. The van der Waals surface area contributed by atoms with Gasteiger partial charge in [0.2, 0.25) is 33.7 Å². The standard InChI is InChI=1S/C37H38F4N10O8S/c1-36(2,57)19-50-18-20(15-45-50)31-23(37(39,40)41)16-44-35(49-31)47-25-9-8-21(14-24(25)38)60(58,59)46-13-4-3-12-42-29(53)17-43-26-7-5-6-22-30(26)34(56)51(33(22)55)27-10-11-28(52)48-32(27)54/h5-9,14-16,18,27,43,46,57H,3-4,10-13,17,19H2,1-2H3,(H,42,53)(H,44,47,49)(H,48,52,54). The van der Waals surface area contributed by atoms with Crippen LogP contribution < -0.4 is 26.0 Å². The van der Waals surface area contributed by atoms with E-state index in [4.69, 9.17) is 0 Å². The molecule has 6 N–H and O–H groups in total. The van der Waals surface area contributed by atoms with E-state index >= 15 is 4.39 Å². The van der Waals surface area contributed by atoms with E-state index in [2.05, 4.69) is 41.1 Å². The molecule has 2 aliphatic rings. The lowest BCUT2D eigenvalue weighted by molar-refractivity contribution is -0.138. The summed E-state index contributed by atoms with van der Waals surface area (Å²) >= 11 is 0. The van der Waals surface area contributed by atoms with Crippen LogP contribution in [0.1, 0.15) is 65.8 Å². The molecule has 1 fully saturated rings. The highest BCUT2D eigenvalue weighted by Gasteiger charge is 2.45. The second-order valence-electron chi connectivity index (χ2n) is 14.4. The first-order valence-corrected chi connectivity index (χ1v) is 19.8. The summed E-state index contributed by atoms with van der Waals surface area (Å²) in [4.78, 5) is 70.7. The zero-order valence-corrected chi connectivity index (χ0v) is 32.7. The van der Waals surface area contributed by atoms with Crippen molar-refractivity contribution in [3.8, 4) is 11.3 Å². The zero-order chi connectivity index (χ0) is 43.6. The Hall–Kier alpha value is -6.33. The van der Waals surface area contributed by atoms with Crippen molar-refractivity contribution in [2.24, 2.45) is 0 Å². The van der Waals surface area contributed by atoms with Crippen molar-refractivity contribution in [2.45, 2.75) is 68.8 Å². The van der Waals surface area contributed by atoms with Crippen LogP contribution in [0.2, 0.25) is 0 Å². The molecule has 1 unspecified atom stereocenters. The molecular formula is C37H38F4N10O8S.